The van der Waals surface area contributed by atoms with Crippen LogP contribution in [0.5, 0.6) is 11.5 Å². The molecular weight excluding hydrogens is 390 g/mol. The van der Waals surface area contributed by atoms with E-state index in [1.54, 1.807) is 12.3 Å². The molecule has 1 aromatic heterocycles. The van der Waals surface area contributed by atoms with Gasteiger partial charge in [0.25, 0.3) is 0 Å². The summed E-state index contributed by atoms with van der Waals surface area (Å²) in [5.74, 6) is 0.488. The summed E-state index contributed by atoms with van der Waals surface area (Å²) >= 11 is 0. The predicted molar refractivity (Wildman–Crippen MR) is 120 cm³/mol. The number of carbonyl (C=O) groups is 1. The molecule has 4 rings (SSSR count). The van der Waals surface area contributed by atoms with Crippen molar-refractivity contribution in [3.63, 3.8) is 0 Å². The highest BCUT2D eigenvalue weighted by Gasteiger charge is 2.19. The van der Waals surface area contributed by atoms with Gasteiger partial charge in [0.05, 0.1) is 17.6 Å². The second-order valence-corrected chi connectivity index (χ2v) is 8.17. The molecule has 1 saturated carbocycles. The van der Waals surface area contributed by atoms with E-state index in [1.165, 1.54) is 31.4 Å². The first-order valence-corrected chi connectivity index (χ1v) is 10.8. The third-order valence-electron chi connectivity index (χ3n) is 5.79. The van der Waals surface area contributed by atoms with Gasteiger partial charge >= 0.3 is 0 Å². The summed E-state index contributed by atoms with van der Waals surface area (Å²) in [6.07, 6.45) is 8.50. The number of amides is 1. The van der Waals surface area contributed by atoms with Crippen LogP contribution in [0, 0.1) is 5.92 Å². The number of phenolic OH excluding ortho intramolecular Hbond substituents is 2. The van der Waals surface area contributed by atoms with Crippen LogP contribution in [-0.4, -0.2) is 26.1 Å². The zero-order valence-electron chi connectivity index (χ0n) is 17.4. The lowest BCUT2D eigenvalue weighted by Gasteiger charge is -2.21. The number of benzene rings is 2. The Bertz CT molecular complexity index is 1050. The van der Waals surface area contributed by atoms with Gasteiger partial charge in [0.2, 0.25) is 5.91 Å². The molecule has 2 aromatic carbocycles. The molecule has 6 nitrogen and oxygen atoms in total. The maximum absolute atomic E-state index is 12.7. The maximum Gasteiger partial charge on any atom is 0.225 e. The molecule has 0 atom stereocenters. The quantitative estimate of drug-likeness (QED) is 0.488. The minimum atomic E-state index is -0.214. The van der Waals surface area contributed by atoms with Crippen LogP contribution in [0.1, 0.15) is 49.8 Å². The molecule has 0 bridgehead atoms. The van der Waals surface area contributed by atoms with Crippen LogP contribution in [0.2, 0.25) is 0 Å². The number of phenols is 2. The summed E-state index contributed by atoms with van der Waals surface area (Å²) in [5, 5.41) is 22.4. The molecule has 0 spiro atoms. The summed E-state index contributed by atoms with van der Waals surface area (Å²) in [7, 11) is 0. The predicted octanol–water partition coefficient (Wildman–Crippen LogP) is 5.05. The number of carbonyl (C=O) groups excluding carboxylic acids is 1. The fraction of sp³-hybridized carbons (Fsp3) is 0.320. The summed E-state index contributed by atoms with van der Waals surface area (Å²) in [6, 6.07) is 14.4. The highest BCUT2D eigenvalue weighted by Crippen LogP contribution is 2.31. The molecule has 1 aliphatic carbocycles. The summed E-state index contributed by atoms with van der Waals surface area (Å²) in [4.78, 5) is 21.9. The van der Waals surface area contributed by atoms with Gasteiger partial charge in [-0.3, -0.25) is 4.79 Å². The Morgan fingerprint density at radius 3 is 2.52 bits per heavy atom. The Balaban J connectivity index is 1.60. The number of anilines is 1. The van der Waals surface area contributed by atoms with Gasteiger partial charge in [-0.05, 0) is 42.5 Å². The highest BCUT2D eigenvalue weighted by atomic mass is 16.3. The molecule has 3 aromatic rings. The van der Waals surface area contributed by atoms with Crippen LogP contribution < -0.4 is 5.32 Å². The van der Waals surface area contributed by atoms with E-state index in [-0.39, 0.29) is 17.4 Å². The minimum Gasteiger partial charge on any atom is -0.504 e. The first-order valence-electron chi connectivity index (χ1n) is 10.8. The zero-order chi connectivity index (χ0) is 21.6. The number of nitrogens with zero attached hydrogens (tertiary/aromatic N) is 2. The normalized spacial score (nSPS) is 14.3. The first kappa shape index (κ1) is 20.8. The molecule has 6 heteroatoms. The van der Waals surface area contributed by atoms with E-state index in [4.69, 9.17) is 4.98 Å². The Hall–Kier alpha value is -3.41. The van der Waals surface area contributed by atoms with E-state index in [2.05, 4.69) is 10.3 Å². The smallest absolute Gasteiger partial charge is 0.225 e. The van der Waals surface area contributed by atoms with Gasteiger partial charge in [0.15, 0.2) is 17.3 Å². The lowest BCUT2D eigenvalue weighted by atomic mass is 9.87. The number of nitrogens with one attached hydrogen (secondary N) is 1. The molecule has 1 amide bonds. The van der Waals surface area contributed by atoms with Crippen LogP contribution in [0.25, 0.3) is 11.3 Å². The highest BCUT2D eigenvalue weighted by molar-refractivity contribution is 5.90. The van der Waals surface area contributed by atoms with Crippen molar-refractivity contribution < 1.29 is 15.0 Å². The molecule has 1 aliphatic rings. The third kappa shape index (κ3) is 5.40. The van der Waals surface area contributed by atoms with E-state index >= 15 is 0 Å². The molecule has 1 fully saturated rings. The monoisotopic (exact) mass is 417 g/mol. The van der Waals surface area contributed by atoms with Crippen molar-refractivity contribution in [1.29, 1.82) is 0 Å². The van der Waals surface area contributed by atoms with Crippen molar-refractivity contribution in [3.8, 4) is 22.8 Å². The van der Waals surface area contributed by atoms with Gasteiger partial charge in [-0.15, -0.1) is 0 Å². The van der Waals surface area contributed by atoms with E-state index in [0.29, 0.717) is 41.5 Å². The average molecular weight is 418 g/mol. The van der Waals surface area contributed by atoms with Gasteiger partial charge in [-0.1, -0.05) is 49.6 Å². The Morgan fingerprint density at radius 1 is 1.00 bits per heavy atom. The average Bonchev–Trinajstić information content (AvgIpc) is 2.78. The van der Waals surface area contributed by atoms with Gasteiger partial charge < -0.3 is 15.5 Å². The zero-order valence-corrected chi connectivity index (χ0v) is 17.4. The molecule has 0 aliphatic heterocycles. The van der Waals surface area contributed by atoms with Crippen LogP contribution in [-0.2, 0) is 11.2 Å². The van der Waals surface area contributed by atoms with Gasteiger partial charge in [-0.25, -0.2) is 9.97 Å². The second kappa shape index (κ2) is 9.60. The maximum atomic E-state index is 12.7. The number of rotatable bonds is 6. The SMILES string of the molecule is O=C(CC1CCCCC1)Nc1ncc(-c2ccc(O)c(O)c2)nc1Cc1ccccc1. The van der Waals surface area contributed by atoms with Crippen LogP contribution in [0.3, 0.4) is 0 Å². The summed E-state index contributed by atoms with van der Waals surface area (Å²) < 4.78 is 0. The van der Waals surface area contributed by atoms with E-state index < -0.39 is 0 Å². The Morgan fingerprint density at radius 2 is 1.77 bits per heavy atom. The van der Waals surface area contributed by atoms with Crippen molar-refractivity contribution >= 4 is 11.7 Å². The fourth-order valence-corrected chi connectivity index (χ4v) is 4.10. The van der Waals surface area contributed by atoms with Crippen molar-refractivity contribution in [1.82, 2.24) is 9.97 Å². The van der Waals surface area contributed by atoms with Crippen molar-refractivity contribution in [2.24, 2.45) is 5.92 Å². The molecule has 0 saturated heterocycles. The number of aromatic nitrogens is 2. The Labute approximate surface area is 182 Å². The van der Waals surface area contributed by atoms with Gasteiger partial charge in [-0.2, -0.15) is 0 Å². The molecule has 160 valence electrons. The van der Waals surface area contributed by atoms with Crippen molar-refractivity contribution in [3.05, 3.63) is 66.0 Å². The van der Waals surface area contributed by atoms with Crippen LogP contribution in [0.4, 0.5) is 5.82 Å². The largest absolute Gasteiger partial charge is 0.504 e. The third-order valence-corrected chi connectivity index (χ3v) is 5.79. The lowest BCUT2D eigenvalue weighted by Crippen LogP contribution is -2.20. The fourth-order valence-electron chi connectivity index (χ4n) is 4.10. The molecule has 3 N–H and O–H groups in total. The second-order valence-electron chi connectivity index (χ2n) is 8.17. The van der Waals surface area contributed by atoms with Crippen molar-refractivity contribution in [2.45, 2.75) is 44.9 Å². The molecule has 0 unspecified atom stereocenters. The molecule has 1 heterocycles. The topological polar surface area (TPSA) is 95.3 Å². The van der Waals surface area contributed by atoms with Gasteiger partial charge in [0.1, 0.15) is 0 Å². The Kier molecular flexibility index (Phi) is 6.46. The minimum absolute atomic E-state index is 0.0226. The first-order chi connectivity index (χ1) is 15.1. The molecule has 31 heavy (non-hydrogen) atoms. The van der Waals surface area contributed by atoms with Crippen LogP contribution in [0.15, 0.2) is 54.7 Å². The lowest BCUT2D eigenvalue weighted by molar-refractivity contribution is -0.117. The van der Waals surface area contributed by atoms with E-state index in [0.717, 1.165) is 18.4 Å². The molecular formula is C25H27N3O3. The standard InChI is InChI=1S/C25H27N3O3/c29-22-12-11-19(15-23(22)30)21-16-26-25(20(27-21)13-17-7-3-1-4-8-17)28-24(31)14-18-9-5-2-6-10-18/h1,3-4,7-8,11-12,15-16,18,29-30H,2,5-6,9-10,13-14H2,(H,26,28,31). The van der Waals surface area contributed by atoms with Crippen LogP contribution >= 0.6 is 0 Å². The van der Waals surface area contributed by atoms with Crippen molar-refractivity contribution in [2.75, 3.05) is 5.32 Å². The van der Waals surface area contributed by atoms with Gasteiger partial charge in [0, 0.05) is 18.4 Å². The number of hydrogen-bond donors (Lipinski definition) is 3. The van der Waals surface area contributed by atoms with E-state index in [9.17, 15) is 15.0 Å². The number of hydrogen-bond acceptors (Lipinski definition) is 5. The number of aromatic hydroxyl groups is 2. The summed E-state index contributed by atoms with van der Waals surface area (Å²) in [5.41, 5.74) is 2.92. The molecule has 0 radical (unpaired) electrons. The summed E-state index contributed by atoms with van der Waals surface area (Å²) in [6.45, 7) is 0. The van der Waals surface area contributed by atoms with E-state index in [1.807, 2.05) is 30.3 Å².